The highest BCUT2D eigenvalue weighted by molar-refractivity contribution is 5.79. The average molecular weight is 384 g/mol. The van der Waals surface area contributed by atoms with Crippen LogP contribution in [-0.4, -0.2) is 39.3 Å². The SMILES string of the molecule is CCOCCCCNC(=NC)NCCc1ccc(OCc2ccccc2)cc1. The van der Waals surface area contributed by atoms with Crippen LogP contribution in [0.3, 0.4) is 0 Å². The Balaban J connectivity index is 1.62. The van der Waals surface area contributed by atoms with Crippen LogP contribution in [0, 0.1) is 0 Å². The second-order valence-corrected chi connectivity index (χ2v) is 6.50. The number of hydrogen-bond acceptors (Lipinski definition) is 3. The van der Waals surface area contributed by atoms with E-state index in [2.05, 4.69) is 39.9 Å². The molecule has 0 aliphatic heterocycles. The van der Waals surface area contributed by atoms with Crippen molar-refractivity contribution >= 4 is 5.96 Å². The lowest BCUT2D eigenvalue weighted by atomic mass is 10.1. The van der Waals surface area contributed by atoms with Crippen molar-refractivity contribution in [3.8, 4) is 5.75 Å². The lowest BCUT2D eigenvalue weighted by Gasteiger charge is -2.12. The molecular formula is C23H33N3O2. The number of rotatable bonds is 12. The number of aliphatic imine (C=N–C) groups is 1. The molecule has 2 N–H and O–H groups in total. The molecule has 0 bridgehead atoms. The first-order chi connectivity index (χ1) is 13.8. The molecule has 2 rings (SSSR count). The molecule has 0 radical (unpaired) electrons. The summed E-state index contributed by atoms with van der Waals surface area (Å²) in [6, 6.07) is 18.5. The third kappa shape index (κ3) is 8.91. The van der Waals surface area contributed by atoms with E-state index in [0.717, 1.165) is 57.3 Å². The highest BCUT2D eigenvalue weighted by atomic mass is 16.5. The number of guanidine groups is 1. The van der Waals surface area contributed by atoms with Gasteiger partial charge >= 0.3 is 0 Å². The van der Waals surface area contributed by atoms with Gasteiger partial charge in [0.2, 0.25) is 0 Å². The molecule has 5 nitrogen and oxygen atoms in total. The van der Waals surface area contributed by atoms with Crippen LogP contribution >= 0.6 is 0 Å². The van der Waals surface area contributed by atoms with Crippen LogP contribution < -0.4 is 15.4 Å². The Bertz CT molecular complexity index is 672. The Hall–Kier alpha value is -2.53. The van der Waals surface area contributed by atoms with Gasteiger partial charge in [-0.15, -0.1) is 0 Å². The van der Waals surface area contributed by atoms with Gasteiger partial charge in [-0.1, -0.05) is 42.5 Å². The van der Waals surface area contributed by atoms with E-state index in [9.17, 15) is 0 Å². The first-order valence-electron chi connectivity index (χ1n) is 10.1. The van der Waals surface area contributed by atoms with Gasteiger partial charge in [0, 0.05) is 33.4 Å². The molecule has 0 saturated carbocycles. The van der Waals surface area contributed by atoms with Crippen molar-refractivity contribution in [2.24, 2.45) is 4.99 Å². The summed E-state index contributed by atoms with van der Waals surface area (Å²) in [5, 5.41) is 6.69. The first kappa shape index (κ1) is 21.8. The topological polar surface area (TPSA) is 54.9 Å². The zero-order valence-corrected chi connectivity index (χ0v) is 17.1. The van der Waals surface area contributed by atoms with Crippen LogP contribution in [0.2, 0.25) is 0 Å². The number of benzene rings is 2. The van der Waals surface area contributed by atoms with Crippen LogP contribution in [0.1, 0.15) is 30.9 Å². The molecular weight excluding hydrogens is 350 g/mol. The Kier molecular flexibility index (Phi) is 10.6. The van der Waals surface area contributed by atoms with E-state index >= 15 is 0 Å². The zero-order chi connectivity index (χ0) is 19.9. The summed E-state index contributed by atoms with van der Waals surface area (Å²) >= 11 is 0. The standard InChI is InChI=1S/C23H33N3O2/c1-3-27-18-8-7-16-25-23(24-2)26-17-15-20-11-13-22(14-12-20)28-19-21-9-5-4-6-10-21/h4-6,9-14H,3,7-8,15-19H2,1-2H3,(H2,24,25,26). The van der Waals surface area contributed by atoms with Gasteiger partial charge < -0.3 is 20.1 Å². The lowest BCUT2D eigenvalue weighted by molar-refractivity contribution is 0.143. The van der Waals surface area contributed by atoms with Gasteiger partial charge in [0.15, 0.2) is 5.96 Å². The monoisotopic (exact) mass is 383 g/mol. The van der Waals surface area contributed by atoms with E-state index < -0.39 is 0 Å². The molecule has 2 aromatic rings. The average Bonchev–Trinajstić information content (AvgIpc) is 2.75. The van der Waals surface area contributed by atoms with Gasteiger partial charge in [0.25, 0.3) is 0 Å². The number of ether oxygens (including phenoxy) is 2. The van der Waals surface area contributed by atoms with Crippen molar-refractivity contribution in [3.63, 3.8) is 0 Å². The Morgan fingerprint density at radius 3 is 2.36 bits per heavy atom. The van der Waals surface area contributed by atoms with E-state index in [-0.39, 0.29) is 0 Å². The fourth-order valence-corrected chi connectivity index (χ4v) is 2.72. The summed E-state index contributed by atoms with van der Waals surface area (Å²) in [6.45, 7) is 5.97. The number of hydrogen-bond donors (Lipinski definition) is 2. The summed E-state index contributed by atoms with van der Waals surface area (Å²) in [5.41, 5.74) is 2.44. The molecule has 0 spiro atoms. The van der Waals surface area contributed by atoms with Crippen molar-refractivity contribution in [2.45, 2.75) is 32.8 Å². The molecule has 5 heteroatoms. The van der Waals surface area contributed by atoms with Gasteiger partial charge in [-0.25, -0.2) is 0 Å². The van der Waals surface area contributed by atoms with Gasteiger partial charge in [-0.05, 0) is 49.4 Å². The molecule has 0 unspecified atom stereocenters. The predicted molar refractivity (Wildman–Crippen MR) is 116 cm³/mol. The summed E-state index contributed by atoms with van der Waals surface area (Å²) in [4.78, 5) is 4.26. The number of nitrogens with one attached hydrogen (secondary N) is 2. The summed E-state index contributed by atoms with van der Waals surface area (Å²) in [6.07, 6.45) is 3.08. The third-order valence-corrected chi connectivity index (χ3v) is 4.31. The lowest BCUT2D eigenvalue weighted by Crippen LogP contribution is -2.38. The maximum absolute atomic E-state index is 5.83. The molecule has 2 aromatic carbocycles. The molecule has 0 aromatic heterocycles. The largest absolute Gasteiger partial charge is 0.489 e. The van der Waals surface area contributed by atoms with Crippen LogP contribution in [0.25, 0.3) is 0 Å². The molecule has 152 valence electrons. The normalized spacial score (nSPS) is 11.3. The number of nitrogens with zero attached hydrogens (tertiary/aromatic N) is 1. The Morgan fingerprint density at radius 2 is 1.64 bits per heavy atom. The molecule has 0 amide bonds. The van der Waals surface area contributed by atoms with Gasteiger partial charge in [0.05, 0.1) is 0 Å². The zero-order valence-electron chi connectivity index (χ0n) is 17.1. The van der Waals surface area contributed by atoms with E-state index in [1.165, 1.54) is 11.1 Å². The second kappa shape index (κ2) is 13.6. The fraction of sp³-hybridized carbons (Fsp3) is 0.435. The number of unbranched alkanes of at least 4 members (excludes halogenated alkanes) is 1. The van der Waals surface area contributed by atoms with Crippen LogP contribution in [0.4, 0.5) is 0 Å². The van der Waals surface area contributed by atoms with Crippen LogP contribution in [-0.2, 0) is 17.8 Å². The van der Waals surface area contributed by atoms with E-state index in [0.29, 0.717) is 6.61 Å². The molecule has 0 fully saturated rings. The highest BCUT2D eigenvalue weighted by Gasteiger charge is 2.00. The minimum absolute atomic E-state index is 0.592. The van der Waals surface area contributed by atoms with E-state index in [1.807, 2.05) is 37.3 Å². The van der Waals surface area contributed by atoms with Crippen molar-refractivity contribution in [3.05, 3.63) is 65.7 Å². The molecule has 0 aliphatic carbocycles. The molecule has 0 heterocycles. The Morgan fingerprint density at radius 1 is 0.893 bits per heavy atom. The minimum Gasteiger partial charge on any atom is -0.489 e. The van der Waals surface area contributed by atoms with Crippen LogP contribution in [0.5, 0.6) is 5.75 Å². The first-order valence-corrected chi connectivity index (χ1v) is 10.1. The highest BCUT2D eigenvalue weighted by Crippen LogP contribution is 2.14. The Labute approximate surface area is 169 Å². The summed E-state index contributed by atoms with van der Waals surface area (Å²) in [7, 11) is 1.80. The molecule has 0 aliphatic rings. The minimum atomic E-state index is 0.592. The van der Waals surface area contributed by atoms with Crippen molar-refractivity contribution < 1.29 is 9.47 Å². The maximum Gasteiger partial charge on any atom is 0.190 e. The summed E-state index contributed by atoms with van der Waals surface area (Å²) < 4.78 is 11.2. The van der Waals surface area contributed by atoms with Crippen molar-refractivity contribution in [1.82, 2.24) is 10.6 Å². The molecule has 28 heavy (non-hydrogen) atoms. The maximum atomic E-state index is 5.83. The summed E-state index contributed by atoms with van der Waals surface area (Å²) in [5.74, 6) is 1.74. The van der Waals surface area contributed by atoms with E-state index in [4.69, 9.17) is 9.47 Å². The fourth-order valence-electron chi connectivity index (χ4n) is 2.72. The van der Waals surface area contributed by atoms with Gasteiger partial charge in [-0.2, -0.15) is 0 Å². The van der Waals surface area contributed by atoms with Crippen LogP contribution in [0.15, 0.2) is 59.6 Å². The van der Waals surface area contributed by atoms with Gasteiger partial charge in [-0.3, -0.25) is 4.99 Å². The van der Waals surface area contributed by atoms with Gasteiger partial charge in [0.1, 0.15) is 12.4 Å². The second-order valence-electron chi connectivity index (χ2n) is 6.50. The van der Waals surface area contributed by atoms with E-state index in [1.54, 1.807) is 7.05 Å². The predicted octanol–water partition coefficient (Wildman–Crippen LogP) is 3.79. The van der Waals surface area contributed by atoms with Crippen molar-refractivity contribution in [1.29, 1.82) is 0 Å². The third-order valence-electron chi connectivity index (χ3n) is 4.31. The van der Waals surface area contributed by atoms with Crippen molar-refractivity contribution in [2.75, 3.05) is 33.4 Å². The molecule has 0 atom stereocenters. The quantitative estimate of drug-likeness (QED) is 0.333. The molecule has 0 saturated heterocycles. The smallest absolute Gasteiger partial charge is 0.190 e.